The highest BCUT2D eigenvalue weighted by Gasteiger charge is 2.35. The minimum atomic E-state index is -0.299. The molecule has 0 bridgehead atoms. The van der Waals surface area contributed by atoms with Crippen LogP contribution in [0.15, 0.2) is 42.6 Å². The van der Waals surface area contributed by atoms with E-state index in [1.54, 1.807) is 6.20 Å². The van der Waals surface area contributed by atoms with Crippen molar-refractivity contribution in [3.8, 4) is 6.07 Å². The summed E-state index contributed by atoms with van der Waals surface area (Å²) in [4.78, 5) is 13.5. The Kier molecular flexibility index (Phi) is 6.01. The molecular formula is C24H28N6O. The number of para-hydroxylation sites is 1. The molecule has 1 aliphatic rings. The van der Waals surface area contributed by atoms with Gasteiger partial charge in [0.05, 0.1) is 17.8 Å². The Labute approximate surface area is 182 Å². The molecule has 1 aromatic carbocycles. The van der Waals surface area contributed by atoms with Crippen molar-refractivity contribution in [2.24, 2.45) is 5.41 Å². The summed E-state index contributed by atoms with van der Waals surface area (Å²) in [7, 11) is 0. The molecule has 0 spiro atoms. The summed E-state index contributed by atoms with van der Waals surface area (Å²) in [6.45, 7) is 4.79. The largest absolute Gasteiger partial charge is 0.393 e. The number of hydrogen-bond donors (Lipinski definition) is 3. The summed E-state index contributed by atoms with van der Waals surface area (Å²) in [6.07, 6.45) is 4.39. The van der Waals surface area contributed by atoms with Crippen LogP contribution in [0.4, 0.5) is 11.8 Å². The lowest BCUT2D eigenvalue weighted by Gasteiger charge is -2.40. The van der Waals surface area contributed by atoms with Crippen molar-refractivity contribution < 1.29 is 5.11 Å². The Morgan fingerprint density at radius 1 is 1.16 bits per heavy atom. The van der Waals surface area contributed by atoms with Crippen molar-refractivity contribution >= 4 is 22.7 Å². The van der Waals surface area contributed by atoms with Crippen LogP contribution < -0.4 is 10.6 Å². The van der Waals surface area contributed by atoms with Crippen LogP contribution in [0, 0.1) is 16.7 Å². The monoisotopic (exact) mass is 416 g/mol. The third-order valence-corrected chi connectivity index (χ3v) is 6.03. The first-order valence-corrected chi connectivity index (χ1v) is 10.7. The standard InChI is InChI=1S/C24H28N6O/c1-24(2)13-19(9-10-21(24)31)29-22-17(14-25)15-27-23(30-22)26-12-11-18-8-7-16-5-3-4-6-20(16)28-18/h3-8,15,19,21,31H,9-13H2,1-2H3,(H2,26,27,29,30)/t19-,21+/m1/s1. The van der Waals surface area contributed by atoms with Gasteiger partial charge in [-0.1, -0.05) is 38.1 Å². The molecule has 7 nitrogen and oxygen atoms in total. The quantitative estimate of drug-likeness (QED) is 0.559. The molecule has 3 N–H and O–H groups in total. The highest BCUT2D eigenvalue weighted by molar-refractivity contribution is 5.78. The van der Waals surface area contributed by atoms with Gasteiger partial charge in [0, 0.05) is 30.1 Å². The number of benzene rings is 1. The van der Waals surface area contributed by atoms with Crippen LogP contribution in [-0.2, 0) is 6.42 Å². The van der Waals surface area contributed by atoms with Crippen LogP contribution in [-0.4, -0.2) is 38.7 Å². The predicted molar refractivity (Wildman–Crippen MR) is 122 cm³/mol. The van der Waals surface area contributed by atoms with E-state index in [0.29, 0.717) is 23.9 Å². The van der Waals surface area contributed by atoms with Gasteiger partial charge >= 0.3 is 0 Å². The minimum Gasteiger partial charge on any atom is -0.393 e. The minimum absolute atomic E-state index is 0.162. The molecule has 0 amide bonds. The summed E-state index contributed by atoms with van der Waals surface area (Å²) < 4.78 is 0. The topological polar surface area (TPSA) is 107 Å². The Morgan fingerprint density at radius 2 is 2.00 bits per heavy atom. The second-order valence-electron chi connectivity index (χ2n) is 8.87. The zero-order valence-corrected chi connectivity index (χ0v) is 18.0. The average Bonchev–Trinajstić information content (AvgIpc) is 2.76. The Balaban J connectivity index is 1.40. The number of pyridine rings is 1. The summed E-state index contributed by atoms with van der Waals surface area (Å²) in [5.41, 5.74) is 2.25. The lowest BCUT2D eigenvalue weighted by Crippen LogP contribution is -2.41. The Bertz CT molecular complexity index is 1110. The van der Waals surface area contributed by atoms with Crippen LogP contribution in [0.1, 0.15) is 44.4 Å². The number of aliphatic hydroxyl groups excluding tert-OH is 1. The lowest BCUT2D eigenvalue weighted by molar-refractivity contribution is 0.00926. The van der Waals surface area contributed by atoms with E-state index in [4.69, 9.17) is 4.98 Å². The third kappa shape index (κ3) is 4.92. The average molecular weight is 417 g/mol. The van der Waals surface area contributed by atoms with Gasteiger partial charge in [0.2, 0.25) is 5.95 Å². The lowest BCUT2D eigenvalue weighted by atomic mass is 9.73. The molecule has 1 fully saturated rings. The smallest absolute Gasteiger partial charge is 0.224 e. The van der Waals surface area contributed by atoms with E-state index < -0.39 is 0 Å². The fourth-order valence-electron chi connectivity index (χ4n) is 4.15. The fourth-order valence-corrected chi connectivity index (χ4v) is 4.15. The van der Waals surface area contributed by atoms with Crippen molar-refractivity contribution in [2.45, 2.75) is 51.7 Å². The molecule has 31 heavy (non-hydrogen) atoms. The first-order chi connectivity index (χ1) is 14.9. The molecule has 0 radical (unpaired) electrons. The summed E-state index contributed by atoms with van der Waals surface area (Å²) in [5.74, 6) is 1.03. The number of hydrogen-bond acceptors (Lipinski definition) is 7. The Hall–Kier alpha value is -3.24. The van der Waals surface area contributed by atoms with Crippen LogP contribution in [0.2, 0.25) is 0 Å². The van der Waals surface area contributed by atoms with Gasteiger partial charge in [-0.15, -0.1) is 0 Å². The van der Waals surface area contributed by atoms with Gasteiger partial charge in [-0.2, -0.15) is 10.2 Å². The molecule has 1 saturated carbocycles. The highest BCUT2D eigenvalue weighted by Crippen LogP contribution is 2.36. The number of nitriles is 1. The molecule has 7 heteroatoms. The number of fused-ring (bicyclic) bond motifs is 1. The summed E-state index contributed by atoms with van der Waals surface area (Å²) in [6, 6.07) is 14.5. The van der Waals surface area contributed by atoms with Crippen LogP contribution >= 0.6 is 0 Å². The number of rotatable bonds is 6. The normalized spacial score (nSPS) is 20.2. The first kappa shape index (κ1) is 21.0. The van der Waals surface area contributed by atoms with Gasteiger partial charge in [0.25, 0.3) is 0 Å². The SMILES string of the molecule is CC1(C)C[C@H](Nc2nc(NCCc3ccc4ccccc4n3)ncc2C#N)CC[C@@H]1O. The van der Waals surface area contributed by atoms with E-state index in [-0.39, 0.29) is 17.6 Å². The zero-order chi connectivity index (χ0) is 21.8. The summed E-state index contributed by atoms with van der Waals surface area (Å²) in [5, 5.41) is 27.4. The molecule has 0 saturated heterocycles. The van der Waals surface area contributed by atoms with Crippen molar-refractivity contribution in [3.63, 3.8) is 0 Å². The maximum absolute atomic E-state index is 10.2. The van der Waals surface area contributed by atoms with E-state index in [2.05, 4.69) is 52.7 Å². The predicted octanol–water partition coefficient (Wildman–Crippen LogP) is 3.90. The van der Waals surface area contributed by atoms with Gasteiger partial charge in [-0.3, -0.25) is 4.98 Å². The molecule has 2 atom stereocenters. The Morgan fingerprint density at radius 3 is 2.81 bits per heavy atom. The zero-order valence-electron chi connectivity index (χ0n) is 18.0. The molecule has 0 unspecified atom stereocenters. The van der Waals surface area contributed by atoms with Crippen LogP contribution in [0.5, 0.6) is 0 Å². The number of anilines is 2. The molecule has 4 rings (SSSR count). The van der Waals surface area contributed by atoms with E-state index in [1.807, 2.05) is 24.3 Å². The molecular weight excluding hydrogens is 388 g/mol. The van der Waals surface area contributed by atoms with Gasteiger partial charge < -0.3 is 15.7 Å². The van der Waals surface area contributed by atoms with Crippen molar-refractivity contribution in [2.75, 3.05) is 17.2 Å². The van der Waals surface area contributed by atoms with E-state index in [1.165, 1.54) is 0 Å². The first-order valence-electron chi connectivity index (χ1n) is 10.7. The molecule has 1 aliphatic carbocycles. The molecule has 3 aromatic rings. The maximum Gasteiger partial charge on any atom is 0.224 e. The highest BCUT2D eigenvalue weighted by atomic mass is 16.3. The molecule has 2 aromatic heterocycles. The molecule has 0 aliphatic heterocycles. The number of nitrogens with one attached hydrogen (secondary N) is 2. The summed E-state index contributed by atoms with van der Waals surface area (Å²) >= 11 is 0. The maximum atomic E-state index is 10.2. The van der Waals surface area contributed by atoms with E-state index in [0.717, 1.165) is 42.3 Å². The number of nitrogens with zero attached hydrogens (tertiary/aromatic N) is 4. The third-order valence-electron chi connectivity index (χ3n) is 6.03. The number of aliphatic hydroxyl groups is 1. The van der Waals surface area contributed by atoms with Gasteiger partial charge in [0.1, 0.15) is 17.5 Å². The van der Waals surface area contributed by atoms with Gasteiger partial charge in [-0.25, -0.2) is 4.98 Å². The number of aromatic nitrogens is 3. The van der Waals surface area contributed by atoms with Crippen LogP contribution in [0.25, 0.3) is 10.9 Å². The fraction of sp³-hybridized carbons (Fsp3) is 0.417. The van der Waals surface area contributed by atoms with Crippen LogP contribution in [0.3, 0.4) is 0 Å². The molecule has 160 valence electrons. The van der Waals surface area contributed by atoms with Gasteiger partial charge in [0.15, 0.2) is 0 Å². The van der Waals surface area contributed by atoms with Crippen molar-refractivity contribution in [1.29, 1.82) is 5.26 Å². The van der Waals surface area contributed by atoms with Crippen molar-refractivity contribution in [1.82, 2.24) is 15.0 Å². The van der Waals surface area contributed by atoms with E-state index in [9.17, 15) is 10.4 Å². The van der Waals surface area contributed by atoms with E-state index >= 15 is 0 Å². The van der Waals surface area contributed by atoms with Gasteiger partial charge in [-0.05, 0) is 36.8 Å². The second-order valence-corrected chi connectivity index (χ2v) is 8.87. The molecule has 2 heterocycles. The second kappa shape index (κ2) is 8.86. The van der Waals surface area contributed by atoms with Crippen molar-refractivity contribution in [3.05, 3.63) is 53.9 Å².